The Morgan fingerprint density at radius 3 is 2.70 bits per heavy atom. The standard InChI is InChI=1S/C6H13NO3/c1-2-3-4-5(8)6(9)7-10/h5,8,10H,2-4H2,1H3,(H,7,9). The molecule has 0 aromatic rings. The van der Waals surface area contributed by atoms with Crippen LogP contribution in [-0.4, -0.2) is 22.3 Å². The van der Waals surface area contributed by atoms with E-state index in [0.29, 0.717) is 6.42 Å². The molecule has 0 bridgehead atoms. The molecule has 0 aromatic carbocycles. The molecule has 0 aliphatic rings. The van der Waals surface area contributed by atoms with E-state index in [0.717, 1.165) is 12.8 Å². The van der Waals surface area contributed by atoms with Crippen LogP contribution < -0.4 is 5.48 Å². The van der Waals surface area contributed by atoms with E-state index in [4.69, 9.17) is 10.3 Å². The maximum atomic E-state index is 10.4. The predicted octanol–water partition coefficient (Wildman–Crippen LogP) is 0.0429. The van der Waals surface area contributed by atoms with Crippen LogP contribution in [0.15, 0.2) is 0 Å². The van der Waals surface area contributed by atoms with Crippen molar-refractivity contribution in [1.29, 1.82) is 0 Å². The molecule has 4 heteroatoms. The lowest BCUT2D eigenvalue weighted by Crippen LogP contribution is -2.31. The van der Waals surface area contributed by atoms with Gasteiger partial charge in [-0.3, -0.25) is 10.0 Å². The van der Waals surface area contributed by atoms with Gasteiger partial charge in [-0.2, -0.15) is 0 Å². The van der Waals surface area contributed by atoms with Gasteiger partial charge in [-0.15, -0.1) is 0 Å². The number of carbonyl (C=O) groups excluding carboxylic acids is 1. The van der Waals surface area contributed by atoms with Crippen molar-refractivity contribution in [3.63, 3.8) is 0 Å². The Balaban J connectivity index is 3.41. The van der Waals surface area contributed by atoms with Gasteiger partial charge < -0.3 is 5.11 Å². The van der Waals surface area contributed by atoms with Crippen LogP contribution in [0.2, 0.25) is 0 Å². The molecule has 3 N–H and O–H groups in total. The van der Waals surface area contributed by atoms with E-state index in [1.807, 2.05) is 6.92 Å². The van der Waals surface area contributed by atoms with Crippen LogP contribution >= 0.6 is 0 Å². The minimum absolute atomic E-state index is 0.406. The van der Waals surface area contributed by atoms with Crippen molar-refractivity contribution in [2.75, 3.05) is 0 Å². The maximum absolute atomic E-state index is 10.4. The van der Waals surface area contributed by atoms with Crippen LogP contribution in [0, 0.1) is 0 Å². The van der Waals surface area contributed by atoms with Gasteiger partial charge in [0.15, 0.2) is 0 Å². The molecule has 0 saturated heterocycles. The molecular formula is C6H13NO3. The minimum atomic E-state index is -1.06. The summed E-state index contributed by atoms with van der Waals surface area (Å²) in [4.78, 5) is 10.4. The number of aliphatic hydroxyl groups excluding tert-OH is 1. The number of amides is 1. The molecule has 0 radical (unpaired) electrons. The summed E-state index contributed by atoms with van der Waals surface area (Å²) in [5.41, 5.74) is 1.38. The van der Waals surface area contributed by atoms with Crippen molar-refractivity contribution in [2.45, 2.75) is 32.3 Å². The van der Waals surface area contributed by atoms with Crippen LogP contribution in [0.25, 0.3) is 0 Å². The zero-order valence-electron chi connectivity index (χ0n) is 6.00. The Hall–Kier alpha value is -0.610. The molecule has 1 unspecified atom stereocenters. The number of carbonyl (C=O) groups is 1. The summed E-state index contributed by atoms with van der Waals surface area (Å²) in [7, 11) is 0. The van der Waals surface area contributed by atoms with Crippen molar-refractivity contribution < 1.29 is 15.1 Å². The molecule has 0 heterocycles. The molecule has 10 heavy (non-hydrogen) atoms. The molecule has 0 aromatic heterocycles. The number of unbranched alkanes of at least 4 members (excludes halogenated alkanes) is 1. The molecule has 0 rings (SSSR count). The van der Waals surface area contributed by atoms with Gasteiger partial charge in [-0.25, -0.2) is 5.48 Å². The van der Waals surface area contributed by atoms with E-state index in [2.05, 4.69) is 0 Å². The van der Waals surface area contributed by atoms with Crippen LogP contribution in [0.1, 0.15) is 26.2 Å². The van der Waals surface area contributed by atoms with Crippen molar-refractivity contribution in [1.82, 2.24) is 5.48 Å². The highest BCUT2D eigenvalue weighted by atomic mass is 16.5. The molecule has 0 spiro atoms. The quantitative estimate of drug-likeness (QED) is 0.388. The average Bonchev–Trinajstić information content (AvgIpc) is 1.98. The Morgan fingerprint density at radius 2 is 2.30 bits per heavy atom. The number of nitrogens with one attached hydrogen (secondary N) is 1. The first-order chi connectivity index (χ1) is 4.72. The summed E-state index contributed by atoms with van der Waals surface area (Å²) in [6.45, 7) is 1.96. The second kappa shape index (κ2) is 5.20. The normalized spacial score (nSPS) is 12.7. The van der Waals surface area contributed by atoms with E-state index in [9.17, 15) is 4.79 Å². The van der Waals surface area contributed by atoms with E-state index in [1.54, 1.807) is 0 Å². The summed E-state index contributed by atoms with van der Waals surface area (Å²) in [6, 6.07) is 0. The van der Waals surface area contributed by atoms with Crippen LogP contribution in [-0.2, 0) is 4.79 Å². The first-order valence-corrected chi connectivity index (χ1v) is 3.34. The third-order valence-corrected chi connectivity index (χ3v) is 1.24. The maximum Gasteiger partial charge on any atom is 0.272 e. The summed E-state index contributed by atoms with van der Waals surface area (Å²) in [5, 5.41) is 16.9. The summed E-state index contributed by atoms with van der Waals surface area (Å²) >= 11 is 0. The first-order valence-electron chi connectivity index (χ1n) is 3.34. The van der Waals surface area contributed by atoms with Gasteiger partial charge in [0.2, 0.25) is 0 Å². The fourth-order valence-corrected chi connectivity index (χ4v) is 0.603. The molecule has 1 amide bonds. The van der Waals surface area contributed by atoms with Gasteiger partial charge in [0.05, 0.1) is 0 Å². The van der Waals surface area contributed by atoms with Gasteiger partial charge in [-0.05, 0) is 6.42 Å². The van der Waals surface area contributed by atoms with E-state index >= 15 is 0 Å². The lowest BCUT2D eigenvalue weighted by Gasteiger charge is -2.05. The van der Waals surface area contributed by atoms with Crippen LogP contribution in [0.4, 0.5) is 0 Å². The molecule has 0 fully saturated rings. The van der Waals surface area contributed by atoms with Crippen molar-refractivity contribution in [3.8, 4) is 0 Å². The first kappa shape index (κ1) is 9.39. The smallest absolute Gasteiger partial charge is 0.272 e. The largest absolute Gasteiger partial charge is 0.383 e. The molecule has 0 aliphatic heterocycles. The lowest BCUT2D eigenvalue weighted by molar-refractivity contribution is -0.138. The molecule has 4 nitrogen and oxygen atoms in total. The zero-order valence-corrected chi connectivity index (χ0v) is 6.00. The number of hydrogen-bond donors (Lipinski definition) is 3. The van der Waals surface area contributed by atoms with Gasteiger partial charge in [0.25, 0.3) is 5.91 Å². The fraction of sp³-hybridized carbons (Fsp3) is 0.833. The number of aliphatic hydroxyl groups is 1. The summed E-state index contributed by atoms with van der Waals surface area (Å²) in [5.74, 6) is -0.728. The topological polar surface area (TPSA) is 69.6 Å². The Morgan fingerprint density at radius 1 is 1.70 bits per heavy atom. The van der Waals surface area contributed by atoms with Crippen molar-refractivity contribution >= 4 is 5.91 Å². The molecule has 60 valence electrons. The number of hydrogen-bond acceptors (Lipinski definition) is 3. The third-order valence-electron chi connectivity index (χ3n) is 1.24. The van der Waals surface area contributed by atoms with E-state index in [1.165, 1.54) is 5.48 Å². The Bertz CT molecular complexity index is 105. The molecule has 0 aliphatic carbocycles. The van der Waals surface area contributed by atoms with E-state index < -0.39 is 12.0 Å². The van der Waals surface area contributed by atoms with Crippen molar-refractivity contribution in [2.24, 2.45) is 0 Å². The second-order valence-electron chi connectivity index (χ2n) is 2.13. The zero-order chi connectivity index (χ0) is 7.98. The van der Waals surface area contributed by atoms with Crippen LogP contribution in [0.3, 0.4) is 0 Å². The molecule has 0 saturated carbocycles. The lowest BCUT2D eigenvalue weighted by atomic mass is 10.1. The van der Waals surface area contributed by atoms with E-state index in [-0.39, 0.29) is 0 Å². The molecule has 1 atom stereocenters. The van der Waals surface area contributed by atoms with Gasteiger partial charge in [-0.1, -0.05) is 19.8 Å². The number of hydroxylamine groups is 1. The predicted molar refractivity (Wildman–Crippen MR) is 35.5 cm³/mol. The molecular weight excluding hydrogens is 134 g/mol. The average molecular weight is 147 g/mol. The van der Waals surface area contributed by atoms with Gasteiger partial charge in [0.1, 0.15) is 6.10 Å². The third kappa shape index (κ3) is 3.42. The SMILES string of the molecule is CCCCC(O)C(=O)NO. The van der Waals surface area contributed by atoms with Crippen LogP contribution in [0.5, 0.6) is 0 Å². The van der Waals surface area contributed by atoms with Gasteiger partial charge >= 0.3 is 0 Å². The second-order valence-corrected chi connectivity index (χ2v) is 2.13. The highest BCUT2D eigenvalue weighted by Crippen LogP contribution is 1.99. The summed E-state index contributed by atoms with van der Waals surface area (Å²) in [6.07, 6.45) is 1.05. The summed E-state index contributed by atoms with van der Waals surface area (Å²) < 4.78 is 0. The Kier molecular flexibility index (Phi) is 4.88. The monoisotopic (exact) mass is 147 g/mol. The Labute approximate surface area is 59.8 Å². The minimum Gasteiger partial charge on any atom is -0.383 e. The number of rotatable bonds is 4. The fourth-order valence-electron chi connectivity index (χ4n) is 0.603. The highest BCUT2D eigenvalue weighted by Gasteiger charge is 2.11. The highest BCUT2D eigenvalue weighted by molar-refractivity contribution is 5.79. The van der Waals surface area contributed by atoms with Crippen molar-refractivity contribution in [3.05, 3.63) is 0 Å². The van der Waals surface area contributed by atoms with Gasteiger partial charge in [0, 0.05) is 0 Å².